The van der Waals surface area contributed by atoms with Crippen molar-refractivity contribution in [1.82, 2.24) is 24.3 Å². The number of benzene rings is 2. The number of carbonyl (C=O) groups is 1. The second kappa shape index (κ2) is 10.6. The van der Waals surface area contributed by atoms with Gasteiger partial charge in [-0.1, -0.05) is 5.92 Å². The van der Waals surface area contributed by atoms with Gasteiger partial charge in [0.05, 0.1) is 12.1 Å². The molecule has 0 spiro atoms. The SMILES string of the molecule is Cc1cc(Nc2ncnc3ccc(N(C)C(=O)C#CCN(C)C)cc23)ccc1Oc1ccn2ccnc2c1. The number of carbonyl (C=O) groups excluding carboxylic acids is 1. The molecule has 0 radical (unpaired) electrons. The Morgan fingerprint density at radius 2 is 1.89 bits per heavy atom. The fourth-order valence-corrected chi connectivity index (χ4v) is 3.89. The summed E-state index contributed by atoms with van der Waals surface area (Å²) in [4.78, 5) is 29.1. The van der Waals surface area contributed by atoms with Crippen molar-refractivity contribution in [3.8, 4) is 23.3 Å². The summed E-state index contributed by atoms with van der Waals surface area (Å²) in [6, 6.07) is 15.3. The Morgan fingerprint density at radius 3 is 2.71 bits per heavy atom. The van der Waals surface area contributed by atoms with E-state index in [-0.39, 0.29) is 5.91 Å². The maximum Gasteiger partial charge on any atom is 0.302 e. The van der Waals surface area contributed by atoms with E-state index in [1.807, 2.05) is 91.2 Å². The van der Waals surface area contributed by atoms with Gasteiger partial charge in [0.15, 0.2) is 0 Å². The molecule has 0 aliphatic carbocycles. The Morgan fingerprint density at radius 1 is 1.03 bits per heavy atom. The highest BCUT2D eigenvalue weighted by molar-refractivity contribution is 6.06. The molecular weight excluding hydrogens is 478 g/mol. The quantitative estimate of drug-likeness (QED) is 0.336. The average molecular weight is 506 g/mol. The van der Waals surface area contributed by atoms with E-state index in [9.17, 15) is 4.79 Å². The van der Waals surface area contributed by atoms with Gasteiger partial charge in [-0.2, -0.15) is 0 Å². The molecule has 3 aromatic heterocycles. The van der Waals surface area contributed by atoms with Crippen LogP contribution in [0.3, 0.4) is 0 Å². The molecule has 5 aromatic rings. The van der Waals surface area contributed by atoms with Crippen LogP contribution in [0.5, 0.6) is 11.5 Å². The minimum absolute atomic E-state index is 0.282. The number of fused-ring (bicyclic) bond motifs is 2. The lowest BCUT2D eigenvalue weighted by atomic mass is 10.1. The van der Waals surface area contributed by atoms with E-state index in [1.54, 1.807) is 13.2 Å². The number of rotatable bonds is 6. The second-order valence-corrected chi connectivity index (χ2v) is 9.09. The number of amides is 1. The molecule has 190 valence electrons. The number of anilines is 3. The predicted molar refractivity (Wildman–Crippen MR) is 149 cm³/mol. The Balaban J connectivity index is 1.36. The van der Waals surface area contributed by atoms with E-state index < -0.39 is 0 Å². The van der Waals surface area contributed by atoms with Gasteiger partial charge in [-0.3, -0.25) is 9.69 Å². The summed E-state index contributed by atoms with van der Waals surface area (Å²) in [6.07, 6.45) is 7.07. The van der Waals surface area contributed by atoms with Crippen molar-refractivity contribution in [1.29, 1.82) is 0 Å². The summed E-state index contributed by atoms with van der Waals surface area (Å²) >= 11 is 0. The minimum Gasteiger partial charge on any atom is -0.457 e. The summed E-state index contributed by atoms with van der Waals surface area (Å²) in [5, 5.41) is 4.17. The fourth-order valence-electron chi connectivity index (χ4n) is 3.89. The van der Waals surface area contributed by atoms with Crippen LogP contribution in [0.4, 0.5) is 17.2 Å². The van der Waals surface area contributed by atoms with Gasteiger partial charge < -0.3 is 19.4 Å². The van der Waals surface area contributed by atoms with Crippen LogP contribution in [0.1, 0.15) is 5.56 Å². The molecule has 1 amide bonds. The Hall–Kier alpha value is -4.94. The largest absolute Gasteiger partial charge is 0.457 e. The van der Waals surface area contributed by atoms with Crippen LogP contribution in [-0.4, -0.2) is 57.8 Å². The maximum absolute atomic E-state index is 12.6. The number of aromatic nitrogens is 4. The number of nitrogens with one attached hydrogen (secondary N) is 1. The van der Waals surface area contributed by atoms with E-state index in [1.165, 1.54) is 11.2 Å². The van der Waals surface area contributed by atoms with Crippen molar-refractivity contribution in [2.45, 2.75) is 6.92 Å². The minimum atomic E-state index is -0.282. The smallest absolute Gasteiger partial charge is 0.302 e. The number of imidazole rings is 1. The summed E-state index contributed by atoms with van der Waals surface area (Å²) in [5.41, 5.74) is 4.09. The monoisotopic (exact) mass is 505 g/mol. The molecule has 3 heterocycles. The van der Waals surface area contributed by atoms with E-state index in [4.69, 9.17) is 4.74 Å². The van der Waals surface area contributed by atoms with Gasteiger partial charge in [-0.15, -0.1) is 0 Å². The van der Waals surface area contributed by atoms with Crippen molar-refractivity contribution in [2.24, 2.45) is 0 Å². The Kier molecular flexibility index (Phi) is 6.89. The van der Waals surface area contributed by atoms with Gasteiger partial charge >= 0.3 is 5.91 Å². The van der Waals surface area contributed by atoms with Crippen LogP contribution in [-0.2, 0) is 4.79 Å². The third-order valence-electron chi connectivity index (χ3n) is 5.94. The molecule has 2 aromatic carbocycles. The molecule has 0 unspecified atom stereocenters. The van der Waals surface area contributed by atoms with Gasteiger partial charge in [0.2, 0.25) is 0 Å². The van der Waals surface area contributed by atoms with Gasteiger partial charge in [-0.25, -0.2) is 15.0 Å². The zero-order valence-corrected chi connectivity index (χ0v) is 21.6. The highest BCUT2D eigenvalue weighted by Crippen LogP contribution is 2.31. The molecule has 0 saturated carbocycles. The van der Waals surface area contributed by atoms with Gasteiger partial charge in [-0.05, 0) is 75.0 Å². The number of pyridine rings is 1. The molecule has 0 aliphatic heterocycles. The van der Waals surface area contributed by atoms with Crippen molar-refractivity contribution in [3.63, 3.8) is 0 Å². The molecule has 1 N–H and O–H groups in total. The topological polar surface area (TPSA) is 87.9 Å². The van der Waals surface area contributed by atoms with Crippen molar-refractivity contribution < 1.29 is 9.53 Å². The maximum atomic E-state index is 12.6. The Bertz CT molecular complexity index is 1700. The van der Waals surface area contributed by atoms with Crippen LogP contribution >= 0.6 is 0 Å². The standard InChI is InChI=1S/C29H27N7O2/c1-20-16-21(7-10-26(20)38-23-11-14-36-15-12-30-27(36)18-23)33-29-24-17-22(8-9-25(24)31-19-32-29)35(4)28(37)6-5-13-34(2)3/h7-12,14-19H,13H2,1-4H3,(H,31,32,33). The predicted octanol–water partition coefficient (Wildman–Crippen LogP) is 4.65. The van der Waals surface area contributed by atoms with Gasteiger partial charge in [0.1, 0.15) is 29.3 Å². The first-order valence-corrected chi connectivity index (χ1v) is 12.0. The second-order valence-electron chi connectivity index (χ2n) is 9.09. The zero-order chi connectivity index (χ0) is 26.6. The molecule has 0 aliphatic rings. The molecule has 5 rings (SSSR count). The average Bonchev–Trinajstić information content (AvgIpc) is 3.37. The van der Waals surface area contributed by atoms with E-state index in [2.05, 4.69) is 32.1 Å². The number of aryl methyl sites for hydroxylation is 1. The molecule has 0 fully saturated rings. The zero-order valence-electron chi connectivity index (χ0n) is 21.6. The molecular formula is C29H27N7O2. The molecule has 9 heteroatoms. The number of hydrogen-bond donors (Lipinski definition) is 1. The van der Waals surface area contributed by atoms with Crippen molar-refractivity contribution in [3.05, 3.63) is 79.0 Å². The summed E-state index contributed by atoms with van der Waals surface area (Å²) in [5.74, 6) is 7.38. The third kappa shape index (κ3) is 5.40. The Labute approximate surface area is 220 Å². The molecule has 0 bridgehead atoms. The normalized spacial score (nSPS) is 10.9. The third-order valence-corrected chi connectivity index (χ3v) is 5.94. The molecule has 0 saturated heterocycles. The lowest BCUT2D eigenvalue weighted by Gasteiger charge is -2.16. The van der Waals surface area contributed by atoms with E-state index in [0.717, 1.165) is 33.6 Å². The highest BCUT2D eigenvalue weighted by Gasteiger charge is 2.12. The van der Waals surface area contributed by atoms with Crippen LogP contribution in [0.25, 0.3) is 16.6 Å². The van der Waals surface area contributed by atoms with Crippen LogP contribution in [0.2, 0.25) is 0 Å². The van der Waals surface area contributed by atoms with E-state index in [0.29, 0.717) is 23.8 Å². The summed E-state index contributed by atoms with van der Waals surface area (Å²) in [6.45, 7) is 2.50. The molecule has 9 nitrogen and oxygen atoms in total. The van der Waals surface area contributed by atoms with Crippen molar-refractivity contribution >= 4 is 39.6 Å². The first-order chi connectivity index (χ1) is 18.4. The number of hydrogen-bond acceptors (Lipinski definition) is 7. The van der Waals surface area contributed by atoms with Gasteiger partial charge in [0.25, 0.3) is 0 Å². The lowest BCUT2D eigenvalue weighted by Crippen LogP contribution is -2.24. The van der Waals surface area contributed by atoms with E-state index >= 15 is 0 Å². The van der Waals surface area contributed by atoms with Crippen LogP contribution in [0, 0.1) is 18.8 Å². The van der Waals surface area contributed by atoms with Gasteiger partial charge in [0, 0.05) is 48.5 Å². The van der Waals surface area contributed by atoms with Crippen LogP contribution in [0.15, 0.2) is 73.4 Å². The summed E-state index contributed by atoms with van der Waals surface area (Å²) in [7, 11) is 5.52. The molecule has 38 heavy (non-hydrogen) atoms. The fraction of sp³-hybridized carbons (Fsp3) is 0.172. The van der Waals surface area contributed by atoms with Crippen molar-refractivity contribution in [2.75, 3.05) is 37.9 Å². The highest BCUT2D eigenvalue weighted by atomic mass is 16.5. The first-order valence-electron chi connectivity index (χ1n) is 12.0. The number of nitrogens with zero attached hydrogens (tertiary/aromatic N) is 6. The first kappa shape index (κ1) is 24.7. The molecule has 0 atom stereocenters. The number of ether oxygens (including phenoxy) is 1. The summed E-state index contributed by atoms with van der Waals surface area (Å²) < 4.78 is 8.04. The van der Waals surface area contributed by atoms with Crippen LogP contribution < -0.4 is 15.0 Å². The lowest BCUT2D eigenvalue weighted by molar-refractivity contribution is -0.113.